The summed E-state index contributed by atoms with van der Waals surface area (Å²) in [7, 11) is 0. The maximum Gasteiger partial charge on any atom is 0.134 e. The van der Waals surface area contributed by atoms with Gasteiger partial charge in [-0.15, -0.1) is 0 Å². The first kappa shape index (κ1) is 14.2. The lowest BCUT2D eigenvalue weighted by molar-refractivity contribution is 0.248. The molecule has 0 unspecified atom stereocenters. The summed E-state index contributed by atoms with van der Waals surface area (Å²) in [6.07, 6.45) is 1.78. The van der Waals surface area contributed by atoms with Crippen molar-refractivity contribution in [2.45, 2.75) is 33.6 Å². The third kappa shape index (κ3) is 5.33. The van der Waals surface area contributed by atoms with Crippen molar-refractivity contribution in [3.63, 3.8) is 0 Å². The molecule has 0 radical (unpaired) electrons. The number of nitrogens with zero attached hydrogens (tertiary/aromatic N) is 2. The van der Waals surface area contributed by atoms with Crippen LogP contribution >= 0.6 is 11.6 Å². The second-order valence-corrected chi connectivity index (χ2v) is 5.36. The minimum absolute atomic E-state index is 0.119. The fourth-order valence-corrected chi connectivity index (χ4v) is 1.82. The number of aliphatic hydroxyl groups excluding tert-OH is 1. The Morgan fingerprint density at radius 1 is 1.41 bits per heavy atom. The molecule has 1 aromatic rings. The predicted octanol–water partition coefficient (Wildman–Crippen LogP) is 2.65. The lowest BCUT2D eigenvalue weighted by Gasteiger charge is -2.24. The molecule has 5 heteroatoms. The van der Waals surface area contributed by atoms with Gasteiger partial charge in [-0.05, 0) is 25.2 Å². The number of nitrogens with one attached hydrogen (secondary N) is 1. The van der Waals surface area contributed by atoms with E-state index in [0.29, 0.717) is 11.0 Å². The van der Waals surface area contributed by atoms with Crippen LogP contribution in [0.15, 0.2) is 6.07 Å². The van der Waals surface area contributed by atoms with Crippen LogP contribution in [0.3, 0.4) is 0 Å². The van der Waals surface area contributed by atoms with Gasteiger partial charge in [0.2, 0.25) is 0 Å². The van der Waals surface area contributed by atoms with Crippen LogP contribution in [-0.4, -0.2) is 28.2 Å². The Bertz CT molecular complexity index is 349. The fourth-order valence-electron chi connectivity index (χ4n) is 1.60. The van der Waals surface area contributed by atoms with Gasteiger partial charge in [0.1, 0.15) is 16.8 Å². The van der Waals surface area contributed by atoms with Crippen molar-refractivity contribution in [3.05, 3.63) is 17.0 Å². The predicted molar refractivity (Wildman–Crippen MR) is 70.4 cm³/mol. The number of anilines is 1. The van der Waals surface area contributed by atoms with E-state index in [1.807, 2.05) is 6.92 Å². The summed E-state index contributed by atoms with van der Waals surface area (Å²) in [5.74, 6) is 1.41. The third-order valence-corrected chi connectivity index (χ3v) is 2.76. The van der Waals surface area contributed by atoms with E-state index >= 15 is 0 Å². The summed E-state index contributed by atoms with van der Waals surface area (Å²) in [4.78, 5) is 8.27. The molecule has 96 valence electrons. The van der Waals surface area contributed by atoms with Crippen molar-refractivity contribution in [1.82, 2.24) is 9.97 Å². The molecule has 0 saturated heterocycles. The summed E-state index contributed by atoms with van der Waals surface area (Å²) in [5.41, 5.74) is 0.119. The maximum atomic E-state index is 8.83. The minimum Gasteiger partial charge on any atom is -0.396 e. The number of rotatable bonds is 6. The first-order valence-electron chi connectivity index (χ1n) is 5.79. The minimum atomic E-state index is 0.119. The standard InChI is InChI=1S/C12H20ClN3O/c1-9-15-10(13)7-11(16-9)14-8-12(2,3)5-4-6-17/h7,17H,4-6,8H2,1-3H3,(H,14,15,16). The van der Waals surface area contributed by atoms with Crippen molar-refractivity contribution < 1.29 is 5.11 Å². The van der Waals surface area contributed by atoms with E-state index in [0.717, 1.165) is 25.2 Å². The van der Waals surface area contributed by atoms with E-state index in [-0.39, 0.29) is 12.0 Å². The van der Waals surface area contributed by atoms with Gasteiger partial charge in [0, 0.05) is 19.2 Å². The molecule has 0 aliphatic rings. The Morgan fingerprint density at radius 2 is 2.12 bits per heavy atom. The summed E-state index contributed by atoms with van der Waals surface area (Å²) in [6, 6.07) is 1.72. The molecule has 1 aromatic heterocycles. The topological polar surface area (TPSA) is 58.0 Å². The molecule has 0 fully saturated rings. The van der Waals surface area contributed by atoms with E-state index in [2.05, 4.69) is 29.1 Å². The molecule has 0 saturated carbocycles. The molecule has 1 rings (SSSR count). The molecule has 4 nitrogen and oxygen atoms in total. The third-order valence-electron chi connectivity index (χ3n) is 2.57. The lowest BCUT2D eigenvalue weighted by Crippen LogP contribution is -2.24. The van der Waals surface area contributed by atoms with Crippen molar-refractivity contribution >= 4 is 17.4 Å². The van der Waals surface area contributed by atoms with Crippen molar-refractivity contribution in [2.24, 2.45) is 5.41 Å². The summed E-state index contributed by atoms with van der Waals surface area (Å²) >= 11 is 5.86. The highest BCUT2D eigenvalue weighted by atomic mass is 35.5. The molecule has 1 heterocycles. The summed E-state index contributed by atoms with van der Waals surface area (Å²) in [5, 5.41) is 12.5. The lowest BCUT2D eigenvalue weighted by atomic mass is 9.88. The van der Waals surface area contributed by atoms with Crippen molar-refractivity contribution in [3.8, 4) is 0 Å². The number of aromatic nitrogens is 2. The molecular weight excluding hydrogens is 238 g/mol. The van der Waals surface area contributed by atoms with Gasteiger partial charge in [0.05, 0.1) is 0 Å². The molecule has 0 aliphatic carbocycles. The molecule has 0 spiro atoms. The first-order chi connectivity index (χ1) is 7.93. The van der Waals surface area contributed by atoms with Crippen LogP contribution < -0.4 is 5.32 Å². The zero-order valence-corrected chi connectivity index (χ0v) is 11.4. The largest absolute Gasteiger partial charge is 0.396 e. The Balaban J connectivity index is 2.54. The quantitative estimate of drug-likeness (QED) is 0.770. The van der Waals surface area contributed by atoms with Gasteiger partial charge < -0.3 is 10.4 Å². The van der Waals surface area contributed by atoms with Gasteiger partial charge in [-0.25, -0.2) is 9.97 Å². The monoisotopic (exact) mass is 257 g/mol. The summed E-state index contributed by atoms with van der Waals surface area (Å²) in [6.45, 7) is 7.16. The van der Waals surface area contributed by atoms with Gasteiger partial charge in [-0.3, -0.25) is 0 Å². The van der Waals surface area contributed by atoms with Crippen LogP contribution in [-0.2, 0) is 0 Å². The van der Waals surface area contributed by atoms with Crippen LogP contribution in [0.1, 0.15) is 32.5 Å². The first-order valence-corrected chi connectivity index (χ1v) is 6.17. The van der Waals surface area contributed by atoms with Gasteiger partial charge in [-0.1, -0.05) is 25.4 Å². The van der Waals surface area contributed by atoms with E-state index < -0.39 is 0 Å². The highest BCUT2D eigenvalue weighted by Gasteiger charge is 2.17. The van der Waals surface area contributed by atoms with Crippen LogP contribution in [0.25, 0.3) is 0 Å². The van der Waals surface area contributed by atoms with Crippen molar-refractivity contribution in [2.75, 3.05) is 18.5 Å². The Kier molecular flexibility index (Phi) is 5.15. The van der Waals surface area contributed by atoms with E-state index in [9.17, 15) is 0 Å². The van der Waals surface area contributed by atoms with Gasteiger partial charge in [0.15, 0.2) is 0 Å². The average Bonchev–Trinajstić information content (AvgIpc) is 2.23. The Hall–Kier alpha value is -0.870. The maximum absolute atomic E-state index is 8.83. The normalized spacial score (nSPS) is 11.6. The van der Waals surface area contributed by atoms with Crippen LogP contribution in [0.2, 0.25) is 5.15 Å². The molecular formula is C12H20ClN3O. The molecule has 17 heavy (non-hydrogen) atoms. The van der Waals surface area contributed by atoms with Crippen LogP contribution in [0.5, 0.6) is 0 Å². The molecule has 0 aliphatic heterocycles. The fraction of sp³-hybridized carbons (Fsp3) is 0.667. The number of aryl methyl sites for hydroxylation is 1. The summed E-state index contributed by atoms with van der Waals surface area (Å²) < 4.78 is 0. The van der Waals surface area contributed by atoms with E-state index in [1.54, 1.807) is 6.07 Å². The molecule has 0 atom stereocenters. The molecule has 0 amide bonds. The Morgan fingerprint density at radius 3 is 2.71 bits per heavy atom. The second kappa shape index (κ2) is 6.17. The Labute approximate surface area is 107 Å². The molecule has 0 bridgehead atoms. The van der Waals surface area contributed by atoms with E-state index in [4.69, 9.17) is 16.7 Å². The number of hydrogen-bond acceptors (Lipinski definition) is 4. The zero-order chi connectivity index (χ0) is 12.9. The number of hydrogen-bond donors (Lipinski definition) is 2. The van der Waals surface area contributed by atoms with Crippen LogP contribution in [0, 0.1) is 12.3 Å². The number of halogens is 1. The zero-order valence-electron chi connectivity index (χ0n) is 10.6. The second-order valence-electron chi connectivity index (χ2n) is 4.97. The van der Waals surface area contributed by atoms with Crippen LogP contribution in [0.4, 0.5) is 5.82 Å². The van der Waals surface area contributed by atoms with Crippen molar-refractivity contribution in [1.29, 1.82) is 0 Å². The highest BCUT2D eigenvalue weighted by molar-refractivity contribution is 6.29. The number of aliphatic hydroxyl groups is 1. The van der Waals surface area contributed by atoms with E-state index in [1.165, 1.54) is 0 Å². The van der Waals surface area contributed by atoms with Gasteiger partial charge >= 0.3 is 0 Å². The molecule has 0 aromatic carbocycles. The van der Waals surface area contributed by atoms with Gasteiger partial charge in [-0.2, -0.15) is 0 Å². The van der Waals surface area contributed by atoms with Gasteiger partial charge in [0.25, 0.3) is 0 Å². The smallest absolute Gasteiger partial charge is 0.134 e. The highest BCUT2D eigenvalue weighted by Crippen LogP contribution is 2.23. The SMILES string of the molecule is Cc1nc(Cl)cc(NCC(C)(C)CCCO)n1. The average molecular weight is 258 g/mol. The molecule has 2 N–H and O–H groups in total.